The van der Waals surface area contributed by atoms with Crippen molar-refractivity contribution >= 4 is 46.5 Å². The maximum absolute atomic E-state index is 11.5. The van der Waals surface area contributed by atoms with Gasteiger partial charge in [-0.05, 0) is 35.3 Å². The number of hydrogen-bond donors (Lipinski definition) is 2. The molecule has 3 atom stereocenters. The lowest BCUT2D eigenvalue weighted by Crippen LogP contribution is -2.11. The standard InChI is InChI=1S/C29H28N2O6S2/c1-29(21-18-26-7-3-5-9-28(26)35-39(33)37-31)19-16-24(17-20-29)23-13-10-22(11-14-23)12-15-25-6-2-4-8-27(25)34-38(32)36-30/h2-19,21H,20,30-31H2,1H3/b15-12+,21-18+. The minimum atomic E-state index is -2.06. The topological polar surface area (TPSA) is 123 Å². The molecule has 0 fully saturated rings. The molecule has 39 heavy (non-hydrogen) atoms. The second-order valence-corrected chi connectivity index (χ2v) is 10.4. The smallest absolute Gasteiger partial charge is 0.377 e. The molecule has 3 aromatic rings. The molecule has 3 unspecified atom stereocenters. The lowest BCUT2D eigenvalue weighted by molar-refractivity contribution is 0.323. The molecule has 0 aromatic heterocycles. The zero-order valence-electron chi connectivity index (χ0n) is 21.1. The Balaban J connectivity index is 1.41. The first-order valence-electron chi connectivity index (χ1n) is 11.9. The van der Waals surface area contributed by atoms with Crippen LogP contribution in [0.25, 0.3) is 23.8 Å². The fourth-order valence-electron chi connectivity index (χ4n) is 3.91. The summed E-state index contributed by atoms with van der Waals surface area (Å²) in [5.41, 5.74) is 4.56. The molecule has 0 saturated heterocycles. The van der Waals surface area contributed by atoms with Crippen molar-refractivity contribution in [3.63, 3.8) is 0 Å². The molecule has 202 valence electrons. The summed E-state index contributed by atoms with van der Waals surface area (Å²) in [6.45, 7) is 2.14. The maximum atomic E-state index is 11.5. The number of benzene rings is 3. The lowest BCUT2D eigenvalue weighted by Gasteiger charge is -2.24. The van der Waals surface area contributed by atoms with Crippen LogP contribution >= 0.6 is 0 Å². The highest BCUT2D eigenvalue weighted by molar-refractivity contribution is 7.75. The minimum Gasteiger partial charge on any atom is -0.378 e. The van der Waals surface area contributed by atoms with E-state index in [0.29, 0.717) is 11.5 Å². The van der Waals surface area contributed by atoms with Crippen molar-refractivity contribution in [1.29, 1.82) is 0 Å². The zero-order chi connectivity index (χ0) is 27.7. The number of hydrogen-bond acceptors (Lipinski definition) is 8. The van der Waals surface area contributed by atoms with Gasteiger partial charge in [-0.1, -0.05) is 110 Å². The summed E-state index contributed by atoms with van der Waals surface area (Å²) in [5.74, 6) is 10.7. The first-order valence-corrected chi connectivity index (χ1v) is 13.9. The van der Waals surface area contributed by atoms with E-state index in [1.165, 1.54) is 0 Å². The molecule has 10 heteroatoms. The van der Waals surface area contributed by atoms with E-state index in [0.717, 1.165) is 34.2 Å². The summed E-state index contributed by atoms with van der Waals surface area (Å²) in [6, 6.07) is 22.6. The van der Waals surface area contributed by atoms with Crippen molar-refractivity contribution in [1.82, 2.24) is 0 Å². The van der Waals surface area contributed by atoms with E-state index in [1.54, 1.807) is 24.3 Å². The molecule has 1 aliphatic rings. The summed E-state index contributed by atoms with van der Waals surface area (Å²) in [7, 11) is 0. The second kappa shape index (κ2) is 13.4. The molecule has 0 spiro atoms. The van der Waals surface area contributed by atoms with Gasteiger partial charge in [-0.3, -0.25) is 0 Å². The molecular weight excluding hydrogens is 536 g/mol. The quantitative estimate of drug-likeness (QED) is 0.227. The molecule has 0 saturated carbocycles. The van der Waals surface area contributed by atoms with Gasteiger partial charge in [0.1, 0.15) is 11.5 Å². The van der Waals surface area contributed by atoms with Crippen LogP contribution in [0.4, 0.5) is 0 Å². The van der Waals surface area contributed by atoms with Crippen molar-refractivity contribution in [2.75, 3.05) is 0 Å². The Kier molecular flexibility index (Phi) is 9.77. The van der Waals surface area contributed by atoms with Crippen molar-refractivity contribution in [2.45, 2.75) is 13.3 Å². The highest BCUT2D eigenvalue weighted by atomic mass is 32.2. The number of rotatable bonds is 11. The monoisotopic (exact) mass is 564 g/mol. The molecular formula is C29H28N2O6S2. The predicted molar refractivity (Wildman–Crippen MR) is 155 cm³/mol. The van der Waals surface area contributed by atoms with Crippen molar-refractivity contribution in [2.24, 2.45) is 17.2 Å². The summed E-state index contributed by atoms with van der Waals surface area (Å²) >= 11 is -4.12. The second-order valence-electron chi connectivity index (χ2n) is 8.83. The SMILES string of the molecule is CC1(/C=C/c2ccccc2OS(=O)ON)C=CC(c2ccc(/C=C/c3ccccc3OS(=O)ON)cc2)=CC1. The molecule has 3 aromatic carbocycles. The fourth-order valence-corrected chi connectivity index (χ4v) is 4.59. The van der Waals surface area contributed by atoms with Crippen LogP contribution in [0.5, 0.6) is 11.5 Å². The third-order valence-electron chi connectivity index (χ3n) is 6.06. The van der Waals surface area contributed by atoms with Gasteiger partial charge in [-0.25, -0.2) is 0 Å². The summed E-state index contributed by atoms with van der Waals surface area (Å²) in [4.78, 5) is 0. The predicted octanol–water partition coefficient (Wildman–Crippen LogP) is 5.62. The molecule has 0 radical (unpaired) electrons. The van der Waals surface area contributed by atoms with Gasteiger partial charge in [0, 0.05) is 16.5 Å². The van der Waals surface area contributed by atoms with E-state index in [-0.39, 0.29) is 5.41 Å². The number of para-hydroxylation sites is 2. The number of nitrogens with two attached hydrogens (primary N) is 2. The third kappa shape index (κ3) is 7.93. The van der Waals surface area contributed by atoms with Gasteiger partial charge < -0.3 is 8.37 Å². The highest BCUT2D eigenvalue weighted by Crippen LogP contribution is 2.35. The van der Waals surface area contributed by atoms with E-state index >= 15 is 0 Å². The average Bonchev–Trinajstić information content (AvgIpc) is 2.97. The van der Waals surface area contributed by atoms with Crippen LogP contribution in [-0.4, -0.2) is 8.42 Å². The van der Waals surface area contributed by atoms with E-state index in [4.69, 9.17) is 20.2 Å². The van der Waals surface area contributed by atoms with Crippen molar-refractivity contribution in [3.05, 3.63) is 119 Å². The largest absolute Gasteiger partial charge is 0.378 e. The van der Waals surface area contributed by atoms with Gasteiger partial charge in [-0.2, -0.15) is 28.8 Å². The molecule has 0 heterocycles. The van der Waals surface area contributed by atoms with Crippen LogP contribution in [0.3, 0.4) is 0 Å². The van der Waals surface area contributed by atoms with Gasteiger partial charge in [0.25, 0.3) is 0 Å². The van der Waals surface area contributed by atoms with Crippen LogP contribution in [0.1, 0.15) is 35.6 Å². The summed E-state index contributed by atoms with van der Waals surface area (Å²) in [6.07, 6.45) is 15.2. The summed E-state index contributed by atoms with van der Waals surface area (Å²) in [5, 5.41) is 0. The molecule has 0 bridgehead atoms. The Bertz CT molecular complexity index is 1470. The Morgan fingerprint density at radius 1 is 0.769 bits per heavy atom. The zero-order valence-corrected chi connectivity index (χ0v) is 22.7. The van der Waals surface area contributed by atoms with Gasteiger partial charge in [0.2, 0.25) is 0 Å². The van der Waals surface area contributed by atoms with Crippen molar-refractivity contribution in [3.8, 4) is 11.5 Å². The first-order chi connectivity index (χ1) is 18.9. The first kappa shape index (κ1) is 28.4. The fraction of sp³-hybridized carbons (Fsp3) is 0.103. The molecule has 4 rings (SSSR count). The van der Waals surface area contributed by atoms with Gasteiger partial charge in [0.05, 0.1) is 0 Å². The van der Waals surface area contributed by atoms with E-state index in [9.17, 15) is 8.42 Å². The van der Waals surface area contributed by atoms with Crippen LogP contribution in [0.15, 0.2) is 97.1 Å². The molecule has 1 aliphatic carbocycles. The van der Waals surface area contributed by atoms with Crippen molar-refractivity contribution < 1.29 is 25.4 Å². The van der Waals surface area contributed by atoms with E-state index in [2.05, 4.69) is 51.9 Å². The van der Waals surface area contributed by atoms with Gasteiger partial charge >= 0.3 is 22.7 Å². The van der Waals surface area contributed by atoms with Crippen LogP contribution < -0.4 is 20.2 Å². The maximum Gasteiger partial charge on any atom is 0.377 e. The van der Waals surface area contributed by atoms with Gasteiger partial charge in [-0.15, -0.1) is 0 Å². The van der Waals surface area contributed by atoms with Crippen LogP contribution in [-0.2, 0) is 31.3 Å². The Morgan fingerprint density at radius 3 is 1.87 bits per heavy atom. The molecule has 0 amide bonds. The van der Waals surface area contributed by atoms with Crippen LogP contribution in [0.2, 0.25) is 0 Å². The van der Waals surface area contributed by atoms with E-state index in [1.807, 2.05) is 54.6 Å². The number of allylic oxidation sites excluding steroid dienone is 5. The lowest BCUT2D eigenvalue weighted by atomic mass is 9.80. The minimum absolute atomic E-state index is 0.198. The van der Waals surface area contributed by atoms with Gasteiger partial charge in [0.15, 0.2) is 0 Å². The molecule has 0 aliphatic heterocycles. The normalized spacial score (nSPS) is 18.7. The Labute approximate surface area is 232 Å². The highest BCUT2D eigenvalue weighted by Gasteiger charge is 2.20. The Morgan fingerprint density at radius 2 is 1.33 bits per heavy atom. The Hall–Kier alpha value is -3.64. The van der Waals surface area contributed by atoms with E-state index < -0.39 is 22.7 Å². The summed E-state index contributed by atoms with van der Waals surface area (Å²) < 4.78 is 41.8. The third-order valence-corrected chi connectivity index (χ3v) is 7.00. The molecule has 8 nitrogen and oxygen atoms in total. The van der Waals surface area contributed by atoms with Crippen LogP contribution in [0, 0.1) is 5.41 Å². The average molecular weight is 565 g/mol. The molecule has 4 N–H and O–H groups in total.